The Morgan fingerprint density at radius 2 is 0.800 bits per heavy atom. The Kier molecular flexibility index (Phi) is 6.66. The third kappa shape index (κ3) is 4.84. The molecule has 1 aromatic heterocycles. The second-order valence-corrected chi connectivity index (χ2v) is 16.7. The molecule has 0 bridgehead atoms. The number of nitrogens with zero attached hydrogens (tertiary/aromatic N) is 1. The Labute approximate surface area is 266 Å². The van der Waals surface area contributed by atoms with Crippen molar-refractivity contribution in [2.24, 2.45) is 0 Å². The zero-order chi connectivity index (χ0) is 30.4. The summed E-state index contributed by atoms with van der Waals surface area (Å²) in [5.41, 5.74) is 14.3. The third-order valence-electron chi connectivity index (χ3n) is 9.32. The van der Waals surface area contributed by atoms with Crippen LogP contribution >= 0.6 is 0 Å². The normalized spacial score (nSPS) is 12.8. The van der Waals surface area contributed by atoms with Gasteiger partial charge in [-0.05, 0) is 73.1 Å². The van der Waals surface area contributed by atoms with E-state index in [1.165, 1.54) is 38.9 Å². The quantitative estimate of drug-likeness (QED) is 0.182. The Morgan fingerprint density at radius 1 is 0.333 bits per heavy atom. The Hall–Kier alpha value is -5.31. The van der Waals surface area contributed by atoms with Gasteiger partial charge in [-0.1, -0.05) is 159 Å². The maximum Gasteiger partial charge on any atom is 0.113 e. The number of hydrogen-bond acceptors (Lipinski definition) is 1. The summed E-state index contributed by atoms with van der Waals surface area (Å²) in [6, 6.07) is 59.3. The van der Waals surface area contributed by atoms with Crippen LogP contribution in [0.4, 0.5) is 0 Å². The average Bonchev–Trinajstić information content (AvgIpc) is 3.34. The zero-order valence-corrected chi connectivity index (χ0v) is 26.5. The van der Waals surface area contributed by atoms with E-state index < -0.39 is 8.07 Å². The standard InChI is InChI=1S/C43H33NSi/c1-45(2)42-20-12-11-19-38(42)39-27-34(25-26-43(39)45)30-21-23-31(24-22-30)36-17-9-10-18-37(36)35-28-40(32-13-5-3-6-14-32)44-41(29-35)33-15-7-4-8-16-33/h3-29H,1-2H3. The van der Waals surface area contributed by atoms with Gasteiger partial charge in [-0.3, -0.25) is 0 Å². The highest BCUT2D eigenvalue weighted by atomic mass is 28.3. The molecule has 214 valence electrons. The molecule has 8 rings (SSSR count). The lowest BCUT2D eigenvalue weighted by Crippen LogP contribution is -2.49. The maximum absolute atomic E-state index is 5.10. The average molecular weight is 592 g/mol. The number of pyridine rings is 1. The molecule has 0 atom stereocenters. The van der Waals surface area contributed by atoms with Gasteiger partial charge in [-0.2, -0.15) is 0 Å². The molecule has 0 spiro atoms. The largest absolute Gasteiger partial charge is 0.248 e. The molecule has 2 heterocycles. The highest BCUT2D eigenvalue weighted by molar-refractivity contribution is 7.03. The smallest absolute Gasteiger partial charge is 0.113 e. The van der Waals surface area contributed by atoms with E-state index >= 15 is 0 Å². The molecule has 0 N–H and O–H groups in total. The van der Waals surface area contributed by atoms with Crippen LogP contribution in [0.5, 0.6) is 0 Å². The van der Waals surface area contributed by atoms with Gasteiger partial charge >= 0.3 is 0 Å². The van der Waals surface area contributed by atoms with Crippen molar-refractivity contribution in [3.63, 3.8) is 0 Å². The van der Waals surface area contributed by atoms with Crippen LogP contribution in [0.1, 0.15) is 0 Å². The van der Waals surface area contributed by atoms with Gasteiger partial charge in [-0.15, -0.1) is 0 Å². The highest BCUT2D eigenvalue weighted by Gasteiger charge is 2.37. The topological polar surface area (TPSA) is 12.9 Å². The van der Waals surface area contributed by atoms with E-state index in [1.54, 1.807) is 10.4 Å². The summed E-state index contributed by atoms with van der Waals surface area (Å²) in [6.07, 6.45) is 0. The van der Waals surface area contributed by atoms with Crippen LogP contribution in [0.3, 0.4) is 0 Å². The molecule has 45 heavy (non-hydrogen) atoms. The molecule has 0 fully saturated rings. The van der Waals surface area contributed by atoms with Gasteiger partial charge < -0.3 is 0 Å². The van der Waals surface area contributed by atoms with Gasteiger partial charge in [0.15, 0.2) is 0 Å². The number of hydrogen-bond donors (Lipinski definition) is 0. The van der Waals surface area contributed by atoms with Crippen molar-refractivity contribution in [3.05, 3.63) is 164 Å². The summed E-state index contributed by atoms with van der Waals surface area (Å²) in [4.78, 5) is 5.10. The van der Waals surface area contributed by atoms with Crippen LogP contribution in [0, 0.1) is 0 Å². The molecule has 0 amide bonds. The molecule has 7 aromatic rings. The second kappa shape index (κ2) is 11.0. The predicted octanol–water partition coefficient (Wildman–Crippen LogP) is 10.2. The highest BCUT2D eigenvalue weighted by Crippen LogP contribution is 2.37. The van der Waals surface area contributed by atoms with E-state index in [2.05, 4.69) is 177 Å². The molecule has 6 aromatic carbocycles. The summed E-state index contributed by atoms with van der Waals surface area (Å²) in [6.45, 7) is 4.94. The van der Waals surface area contributed by atoms with Crippen molar-refractivity contribution in [1.29, 1.82) is 0 Å². The summed E-state index contributed by atoms with van der Waals surface area (Å²) in [5.74, 6) is 0. The molecular weight excluding hydrogens is 559 g/mol. The number of aromatic nitrogens is 1. The van der Waals surface area contributed by atoms with E-state index in [1.807, 2.05) is 0 Å². The van der Waals surface area contributed by atoms with Gasteiger partial charge in [0, 0.05) is 11.1 Å². The van der Waals surface area contributed by atoms with E-state index in [9.17, 15) is 0 Å². The molecule has 0 unspecified atom stereocenters. The van der Waals surface area contributed by atoms with Crippen LogP contribution < -0.4 is 10.4 Å². The molecule has 0 aliphatic carbocycles. The molecule has 1 aliphatic rings. The minimum atomic E-state index is -1.65. The SMILES string of the molecule is C[Si]1(C)c2ccccc2-c2cc(-c3ccc(-c4ccccc4-c4cc(-c5ccccc5)nc(-c5ccccc5)c4)cc3)ccc21. The van der Waals surface area contributed by atoms with E-state index in [0.717, 1.165) is 28.1 Å². The van der Waals surface area contributed by atoms with E-state index in [-0.39, 0.29) is 0 Å². The van der Waals surface area contributed by atoms with Crippen LogP contribution in [-0.2, 0) is 0 Å². The molecule has 1 aliphatic heterocycles. The third-order valence-corrected chi connectivity index (χ3v) is 12.9. The fraction of sp³-hybridized carbons (Fsp3) is 0.0465. The van der Waals surface area contributed by atoms with Crippen LogP contribution in [0.25, 0.3) is 67.0 Å². The van der Waals surface area contributed by atoms with Crippen molar-refractivity contribution in [3.8, 4) is 67.0 Å². The lowest BCUT2D eigenvalue weighted by Gasteiger charge is -2.18. The lowest BCUT2D eigenvalue weighted by atomic mass is 9.92. The Morgan fingerprint density at radius 3 is 1.42 bits per heavy atom. The van der Waals surface area contributed by atoms with Crippen LogP contribution in [-0.4, -0.2) is 13.1 Å². The predicted molar refractivity (Wildman–Crippen MR) is 194 cm³/mol. The molecular formula is C43H33NSi. The van der Waals surface area contributed by atoms with Crippen molar-refractivity contribution in [2.45, 2.75) is 13.1 Å². The van der Waals surface area contributed by atoms with E-state index in [4.69, 9.17) is 4.98 Å². The fourth-order valence-corrected chi connectivity index (χ4v) is 10.0. The van der Waals surface area contributed by atoms with Gasteiger partial charge in [0.05, 0.1) is 11.4 Å². The molecule has 1 nitrogen and oxygen atoms in total. The number of fused-ring (bicyclic) bond motifs is 3. The Bertz CT molecular complexity index is 2110. The second-order valence-electron chi connectivity index (χ2n) is 12.4. The summed E-state index contributed by atoms with van der Waals surface area (Å²) in [5, 5.41) is 3.09. The first-order chi connectivity index (χ1) is 22.1. The molecule has 0 saturated heterocycles. The number of rotatable bonds is 5. The first kappa shape index (κ1) is 27.3. The van der Waals surface area contributed by atoms with Crippen molar-refractivity contribution >= 4 is 18.4 Å². The fourth-order valence-electron chi connectivity index (χ4n) is 6.93. The summed E-state index contributed by atoms with van der Waals surface area (Å²) < 4.78 is 0. The lowest BCUT2D eigenvalue weighted by molar-refractivity contribution is 1.32. The summed E-state index contributed by atoms with van der Waals surface area (Å²) in [7, 11) is -1.65. The first-order valence-electron chi connectivity index (χ1n) is 15.6. The van der Waals surface area contributed by atoms with Gasteiger partial charge in [0.2, 0.25) is 0 Å². The van der Waals surface area contributed by atoms with Gasteiger partial charge in [0.25, 0.3) is 0 Å². The van der Waals surface area contributed by atoms with Gasteiger partial charge in [-0.25, -0.2) is 4.98 Å². The van der Waals surface area contributed by atoms with Crippen molar-refractivity contribution in [2.75, 3.05) is 0 Å². The van der Waals surface area contributed by atoms with Crippen LogP contribution in [0.2, 0.25) is 13.1 Å². The van der Waals surface area contributed by atoms with E-state index in [0.29, 0.717) is 0 Å². The zero-order valence-electron chi connectivity index (χ0n) is 25.5. The van der Waals surface area contributed by atoms with Crippen molar-refractivity contribution in [1.82, 2.24) is 4.98 Å². The summed E-state index contributed by atoms with van der Waals surface area (Å²) >= 11 is 0. The monoisotopic (exact) mass is 591 g/mol. The van der Waals surface area contributed by atoms with Gasteiger partial charge in [0.1, 0.15) is 8.07 Å². The maximum atomic E-state index is 5.10. The minimum Gasteiger partial charge on any atom is -0.248 e. The van der Waals surface area contributed by atoms with Crippen LogP contribution in [0.15, 0.2) is 164 Å². The minimum absolute atomic E-state index is 0.974. The first-order valence-corrected chi connectivity index (χ1v) is 18.6. The Balaban J connectivity index is 1.19. The number of benzene rings is 6. The molecule has 0 saturated carbocycles. The van der Waals surface area contributed by atoms with Crippen molar-refractivity contribution < 1.29 is 0 Å². The molecule has 2 heteroatoms. The molecule has 0 radical (unpaired) electrons.